The number of rotatable bonds is 40. The van der Waals surface area contributed by atoms with Gasteiger partial charge in [0.2, 0.25) is 0 Å². The van der Waals surface area contributed by atoms with E-state index in [0.29, 0.717) is 12.8 Å². The minimum absolute atomic E-state index is 0.156. The Bertz CT molecular complexity index is 1210. The van der Waals surface area contributed by atoms with Crippen LogP contribution in [0.15, 0.2) is 24.3 Å². The number of aliphatic hydroxyl groups excluding tert-OH is 3. The summed E-state index contributed by atoms with van der Waals surface area (Å²) in [6, 6.07) is 0. The molecule has 1 saturated heterocycles. The van der Waals surface area contributed by atoms with Gasteiger partial charge in [-0.3, -0.25) is 14.1 Å². The smallest absolute Gasteiger partial charge is 0.306 e. The number of aliphatic hydroxyl groups is 3. The molecule has 0 aromatic rings. The fraction of sp³-hybridized carbons (Fsp3) is 0.872. The van der Waals surface area contributed by atoms with E-state index in [2.05, 4.69) is 38.2 Å². The maximum Gasteiger partial charge on any atom is 0.306 e. The first-order chi connectivity index (χ1) is 29.0. The van der Waals surface area contributed by atoms with E-state index in [1.807, 2.05) is 0 Å². The van der Waals surface area contributed by atoms with Gasteiger partial charge in [-0.2, -0.15) is 8.42 Å². The first kappa shape index (κ1) is 56.1. The quantitative estimate of drug-likeness (QED) is 0.0198. The molecule has 0 aliphatic carbocycles. The van der Waals surface area contributed by atoms with Crippen molar-refractivity contribution >= 4 is 22.1 Å². The van der Waals surface area contributed by atoms with Crippen LogP contribution in [-0.4, -0.2) is 96.0 Å². The van der Waals surface area contributed by atoms with E-state index in [0.717, 1.165) is 57.8 Å². The number of hydrogen-bond donors (Lipinski definition) is 4. The summed E-state index contributed by atoms with van der Waals surface area (Å²) in [5.41, 5.74) is 0. The number of hydrogen-bond acceptors (Lipinski definition) is 11. The molecule has 1 aliphatic heterocycles. The van der Waals surface area contributed by atoms with Gasteiger partial charge in [-0.05, 0) is 64.2 Å². The number of esters is 2. The molecule has 0 bridgehead atoms. The van der Waals surface area contributed by atoms with Crippen molar-refractivity contribution in [3.05, 3.63) is 24.3 Å². The van der Waals surface area contributed by atoms with E-state index in [1.165, 1.54) is 109 Å². The van der Waals surface area contributed by atoms with Crippen molar-refractivity contribution in [1.82, 2.24) is 0 Å². The van der Waals surface area contributed by atoms with Crippen LogP contribution in [0.3, 0.4) is 0 Å². The molecular formula is C47H86O12S. The zero-order valence-corrected chi connectivity index (χ0v) is 38.4. The van der Waals surface area contributed by atoms with Crippen LogP contribution in [0, 0.1) is 0 Å². The van der Waals surface area contributed by atoms with E-state index in [9.17, 15) is 37.9 Å². The zero-order valence-electron chi connectivity index (χ0n) is 37.6. The van der Waals surface area contributed by atoms with E-state index in [4.69, 9.17) is 18.9 Å². The number of carbonyl (C=O) groups excluding carboxylic acids is 2. The highest BCUT2D eigenvalue weighted by Crippen LogP contribution is 2.24. The van der Waals surface area contributed by atoms with Crippen LogP contribution in [0.2, 0.25) is 0 Å². The fourth-order valence-electron chi connectivity index (χ4n) is 7.25. The minimum atomic E-state index is -4.60. The first-order valence-corrected chi connectivity index (χ1v) is 25.5. The highest BCUT2D eigenvalue weighted by atomic mass is 32.2. The summed E-state index contributed by atoms with van der Waals surface area (Å²) in [5.74, 6) is -1.99. The summed E-state index contributed by atoms with van der Waals surface area (Å²) in [6.07, 6.45) is 32.1. The van der Waals surface area contributed by atoms with Gasteiger partial charge in [0.05, 0.1) is 6.61 Å². The standard InChI is InChI=1S/C47H86O12S/c1-3-5-7-9-11-13-15-17-19-20-22-23-25-27-29-31-33-35-42(48)56-37-40(38-57-47-46(52)45(51)44(50)41(59-47)39-60(53,54)55)58-43(49)36-34-32-30-28-26-24-21-18-16-14-12-10-8-6-4-2/h13,15,18,21,40-41,44-47,50-52H,3-12,14,16-17,19-20,22-39H2,1-2H3,(H,53,54,55)/b15-13+,21-18+/t40-,41-,44-,45?,46?,47+/m1/s1. The molecule has 4 N–H and O–H groups in total. The molecule has 352 valence electrons. The third-order valence-corrected chi connectivity index (χ3v) is 11.8. The fourth-order valence-corrected chi connectivity index (χ4v) is 7.95. The third-order valence-electron chi connectivity index (χ3n) is 11.0. The van der Waals surface area contributed by atoms with Gasteiger partial charge < -0.3 is 34.3 Å². The molecule has 0 saturated carbocycles. The molecule has 60 heavy (non-hydrogen) atoms. The van der Waals surface area contributed by atoms with Crippen LogP contribution >= 0.6 is 0 Å². The third kappa shape index (κ3) is 31.9. The van der Waals surface area contributed by atoms with Gasteiger partial charge in [0.15, 0.2) is 12.4 Å². The summed E-state index contributed by atoms with van der Waals surface area (Å²) in [7, 11) is -4.60. The lowest BCUT2D eigenvalue weighted by Crippen LogP contribution is -2.60. The summed E-state index contributed by atoms with van der Waals surface area (Å²) < 4.78 is 54.1. The van der Waals surface area contributed by atoms with Crippen molar-refractivity contribution in [2.75, 3.05) is 19.0 Å². The molecule has 0 amide bonds. The molecule has 1 rings (SSSR count). The molecule has 0 radical (unpaired) electrons. The monoisotopic (exact) mass is 875 g/mol. The lowest BCUT2D eigenvalue weighted by atomic mass is 10.00. The predicted molar refractivity (Wildman–Crippen MR) is 238 cm³/mol. The van der Waals surface area contributed by atoms with Gasteiger partial charge >= 0.3 is 11.9 Å². The molecule has 0 aromatic carbocycles. The Morgan fingerprint density at radius 2 is 0.950 bits per heavy atom. The van der Waals surface area contributed by atoms with Gasteiger partial charge in [-0.15, -0.1) is 0 Å². The van der Waals surface area contributed by atoms with Crippen LogP contribution in [0.5, 0.6) is 0 Å². The van der Waals surface area contributed by atoms with Crippen molar-refractivity contribution < 1.29 is 56.8 Å². The van der Waals surface area contributed by atoms with Gasteiger partial charge in [-0.25, -0.2) is 0 Å². The van der Waals surface area contributed by atoms with Crippen LogP contribution in [0.4, 0.5) is 0 Å². The van der Waals surface area contributed by atoms with E-state index < -0.39 is 71.2 Å². The van der Waals surface area contributed by atoms with Crippen molar-refractivity contribution in [1.29, 1.82) is 0 Å². The van der Waals surface area contributed by atoms with E-state index >= 15 is 0 Å². The summed E-state index contributed by atoms with van der Waals surface area (Å²) in [4.78, 5) is 25.4. The largest absolute Gasteiger partial charge is 0.462 e. The van der Waals surface area contributed by atoms with Gasteiger partial charge in [0, 0.05) is 12.8 Å². The first-order valence-electron chi connectivity index (χ1n) is 23.9. The summed E-state index contributed by atoms with van der Waals surface area (Å²) >= 11 is 0. The highest BCUT2D eigenvalue weighted by Gasteiger charge is 2.46. The van der Waals surface area contributed by atoms with Crippen molar-refractivity contribution in [3.8, 4) is 0 Å². The maximum atomic E-state index is 12.8. The topological polar surface area (TPSA) is 186 Å². The second-order valence-electron chi connectivity index (χ2n) is 16.8. The molecule has 0 aromatic heterocycles. The summed E-state index contributed by atoms with van der Waals surface area (Å²) in [6.45, 7) is 3.75. The molecule has 1 fully saturated rings. The number of allylic oxidation sites excluding steroid dienone is 4. The van der Waals surface area contributed by atoms with Gasteiger partial charge in [-0.1, -0.05) is 154 Å². The average Bonchev–Trinajstić information content (AvgIpc) is 3.21. The van der Waals surface area contributed by atoms with Crippen molar-refractivity contribution in [2.24, 2.45) is 0 Å². The Morgan fingerprint density at radius 3 is 1.40 bits per heavy atom. The minimum Gasteiger partial charge on any atom is -0.462 e. The number of ether oxygens (including phenoxy) is 4. The van der Waals surface area contributed by atoms with Crippen molar-refractivity contribution in [2.45, 2.75) is 243 Å². The molecule has 6 atom stereocenters. The lowest BCUT2D eigenvalue weighted by Gasteiger charge is -2.40. The Hall–Kier alpha value is -1.87. The second-order valence-corrected chi connectivity index (χ2v) is 18.3. The number of unbranched alkanes of at least 4 members (excludes halogenated alkanes) is 24. The van der Waals surface area contributed by atoms with Gasteiger partial charge in [0.1, 0.15) is 36.8 Å². The van der Waals surface area contributed by atoms with Crippen LogP contribution in [-0.2, 0) is 38.7 Å². The summed E-state index contributed by atoms with van der Waals surface area (Å²) in [5, 5.41) is 30.9. The predicted octanol–water partition coefficient (Wildman–Crippen LogP) is 10.0. The molecule has 12 nitrogen and oxygen atoms in total. The highest BCUT2D eigenvalue weighted by molar-refractivity contribution is 7.85. The van der Waals surface area contributed by atoms with E-state index in [-0.39, 0.29) is 19.4 Å². The van der Waals surface area contributed by atoms with Crippen LogP contribution in [0.1, 0.15) is 206 Å². The van der Waals surface area contributed by atoms with Crippen molar-refractivity contribution in [3.63, 3.8) is 0 Å². The molecular weight excluding hydrogens is 789 g/mol. The molecule has 2 unspecified atom stereocenters. The molecule has 1 aliphatic rings. The van der Waals surface area contributed by atoms with E-state index in [1.54, 1.807) is 0 Å². The average molecular weight is 875 g/mol. The molecule has 13 heteroatoms. The SMILES string of the molecule is CCCCCC/C=C/CCCCCCCCCCCC(=O)OC[C@H](CO[C@H]1O[C@H](CS(=O)(=O)O)[C@@H](O)C(O)C1O)OC(=O)CCCCCCC/C=C/CCCCCCCC. The maximum absolute atomic E-state index is 12.8. The second kappa shape index (κ2) is 37.7. The Labute approximate surface area is 364 Å². The van der Waals surface area contributed by atoms with Crippen LogP contribution < -0.4 is 0 Å². The Morgan fingerprint density at radius 1 is 0.550 bits per heavy atom. The lowest BCUT2D eigenvalue weighted by molar-refractivity contribution is -0.297. The molecule has 0 spiro atoms. The Balaban J connectivity index is 2.42. The zero-order chi connectivity index (χ0) is 44.1. The Kier molecular flexibility index (Phi) is 35.2. The molecule has 1 heterocycles. The normalized spacial score (nSPS) is 20.3. The number of carbonyl (C=O) groups is 2. The van der Waals surface area contributed by atoms with Crippen LogP contribution in [0.25, 0.3) is 0 Å². The van der Waals surface area contributed by atoms with Gasteiger partial charge in [0.25, 0.3) is 10.1 Å².